The van der Waals surface area contributed by atoms with Gasteiger partial charge in [0, 0.05) is 5.02 Å². The highest BCUT2D eigenvalue weighted by molar-refractivity contribution is 7.89. The van der Waals surface area contributed by atoms with Crippen molar-refractivity contribution in [2.24, 2.45) is 0 Å². The van der Waals surface area contributed by atoms with Gasteiger partial charge in [0.1, 0.15) is 0 Å². The van der Waals surface area contributed by atoms with E-state index < -0.39 is 28.1 Å². The molecule has 0 fully saturated rings. The number of carbonyl (C=O) groups is 1. The minimum Gasteiger partial charge on any atom is -0.478 e. The maximum absolute atomic E-state index is 14.1. The van der Waals surface area contributed by atoms with Gasteiger partial charge in [-0.1, -0.05) is 77.3 Å². The van der Waals surface area contributed by atoms with E-state index in [1.54, 1.807) is 54.6 Å². The summed E-state index contributed by atoms with van der Waals surface area (Å²) in [6, 6.07) is 19.3. The first-order chi connectivity index (χ1) is 15.7. The van der Waals surface area contributed by atoms with E-state index in [0.717, 1.165) is 11.1 Å². The van der Waals surface area contributed by atoms with Crippen LogP contribution < -0.4 is 0 Å². The van der Waals surface area contributed by atoms with Crippen molar-refractivity contribution < 1.29 is 18.3 Å². The number of carboxylic acids is 1. The Morgan fingerprint density at radius 2 is 1.61 bits per heavy atom. The van der Waals surface area contributed by atoms with Crippen molar-refractivity contribution in [2.75, 3.05) is 0 Å². The summed E-state index contributed by atoms with van der Waals surface area (Å²) in [6.45, 7) is 3.77. The van der Waals surface area contributed by atoms with Crippen LogP contribution in [0, 0.1) is 13.8 Å². The number of aryl methyl sites for hydroxylation is 2. The molecule has 0 aromatic heterocycles. The molecule has 1 heterocycles. The highest BCUT2D eigenvalue weighted by atomic mass is 35.5. The molecule has 0 amide bonds. The summed E-state index contributed by atoms with van der Waals surface area (Å²) in [4.78, 5) is 12.4. The number of benzene rings is 3. The lowest BCUT2D eigenvalue weighted by molar-refractivity contribution is -0.133. The van der Waals surface area contributed by atoms with Gasteiger partial charge >= 0.3 is 5.97 Å². The van der Waals surface area contributed by atoms with Gasteiger partial charge in [-0.3, -0.25) is 0 Å². The molecule has 0 aliphatic carbocycles. The molecule has 0 spiro atoms. The Kier molecular flexibility index (Phi) is 6.43. The van der Waals surface area contributed by atoms with E-state index in [1.165, 1.54) is 4.31 Å². The fraction of sp³-hybridized carbons (Fsp3) is 0.192. The zero-order valence-electron chi connectivity index (χ0n) is 18.3. The number of hydrogen-bond donors (Lipinski definition) is 1. The Bertz CT molecular complexity index is 1330. The summed E-state index contributed by atoms with van der Waals surface area (Å²) in [6.07, 6.45) is 1.84. The molecule has 2 atom stereocenters. The van der Waals surface area contributed by atoms with Gasteiger partial charge in [-0.2, -0.15) is 4.31 Å². The average molecular weight is 482 g/mol. The van der Waals surface area contributed by atoms with E-state index in [9.17, 15) is 18.3 Å². The predicted molar refractivity (Wildman–Crippen MR) is 129 cm³/mol. The highest BCUT2D eigenvalue weighted by Gasteiger charge is 2.44. The lowest BCUT2D eigenvalue weighted by Crippen LogP contribution is -2.42. The zero-order chi connectivity index (χ0) is 23.8. The van der Waals surface area contributed by atoms with Gasteiger partial charge in [0.25, 0.3) is 0 Å². The van der Waals surface area contributed by atoms with Gasteiger partial charge in [-0.15, -0.1) is 0 Å². The summed E-state index contributed by atoms with van der Waals surface area (Å²) in [5.74, 6) is -1.14. The Hall–Kier alpha value is -2.93. The standard InChI is InChI=1S/C26H24ClNO4S/c1-17-9-11-22(12-10-17)33(31,32)28-24(19-6-4-8-21(27)16-19)14-13-23(26(29)30)25(28)20-7-3-5-18(2)15-20/h3-13,15-16,24-25H,14H2,1-2H3,(H,29,30)/t24-,25-/m0/s1. The normalized spacial score (nSPS) is 19.2. The van der Waals surface area contributed by atoms with E-state index in [0.29, 0.717) is 16.1 Å². The molecule has 0 radical (unpaired) electrons. The van der Waals surface area contributed by atoms with Crippen molar-refractivity contribution in [3.63, 3.8) is 0 Å². The fourth-order valence-corrected chi connectivity index (χ4v) is 6.26. The summed E-state index contributed by atoms with van der Waals surface area (Å²) in [5.41, 5.74) is 3.19. The molecule has 1 aliphatic heterocycles. The summed E-state index contributed by atoms with van der Waals surface area (Å²) in [7, 11) is -4.08. The van der Waals surface area contributed by atoms with Crippen LogP contribution in [0.2, 0.25) is 5.02 Å². The maximum Gasteiger partial charge on any atom is 0.333 e. The number of halogens is 1. The molecule has 3 aromatic carbocycles. The minimum atomic E-state index is -4.08. The lowest BCUT2D eigenvalue weighted by Gasteiger charge is -2.40. The molecular formula is C26H24ClNO4S. The quantitative estimate of drug-likeness (QED) is 0.496. The van der Waals surface area contributed by atoms with Crippen molar-refractivity contribution in [1.82, 2.24) is 4.31 Å². The number of nitrogens with zero attached hydrogens (tertiary/aromatic N) is 1. The van der Waals surface area contributed by atoms with Crippen LogP contribution in [0.4, 0.5) is 0 Å². The number of hydrogen-bond acceptors (Lipinski definition) is 3. The summed E-state index contributed by atoms with van der Waals surface area (Å²) < 4.78 is 29.5. The van der Waals surface area contributed by atoms with Gasteiger partial charge in [0.05, 0.1) is 22.6 Å². The third kappa shape index (κ3) is 4.60. The Morgan fingerprint density at radius 1 is 0.939 bits per heavy atom. The molecule has 33 heavy (non-hydrogen) atoms. The van der Waals surface area contributed by atoms with Crippen LogP contribution in [0.15, 0.2) is 89.3 Å². The number of aliphatic carboxylic acids is 1. The first-order valence-electron chi connectivity index (χ1n) is 10.5. The molecule has 0 saturated heterocycles. The molecule has 0 bridgehead atoms. The number of rotatable bonds is 5. The lowest BCUT2D eigenvalue weighted by atomic mass is 9.89. The van der Waals surface area contributed by atoms with Crippen LogP contribution in [-0.2, 0) is 14.8 Å². The molecule has 0 unspecified atom stereocenters. The van der Waals surface area contributed by atoms with Crippen LogP contribution in [0.5, 0.6) is 0 Å². The van der Waals surface area contributed by atoms with Gasteiger partial charge < -0.3 is 5.11 Å². The number of carboxylic acid groups (broad SMARTS) is 1. The average Bonchev–Trinajstić information content (AvgIpc) is 2.78. The molecule has 5 nitrogen and oxygen atoms in total. The van der Waals surface area contributed by atoms with E-state index >= 15 is 0 Å². The van der Waals surface area contributed by atoms with Crippen molar-refractivity contribution in [2.45, 2.75) is 37.2 Å². The Morgan fingerprint density at radius 3 is 2.24 bits per heavy atom. The fourth-order valence-electron chi connectivity index (χ4n) is 4.28. The molecule has 4 rings (SSSR count). The largest absolute Gasteiger partial charge is 0.478 e. The van der Waals surface area contributed by atoms with Gasteiger partial charge in [-0.25, -0.2) is 13.2 Å². The topological polar surface area (TPSA) is 74.7 Å². The molecule has 3 aromatic rings. The minimum absolute atomic E-state index is 0.0366. The molecule has 7 heteroatoms. The van der Waals surface area contributed by atoms with E-state index in [4.69, 9.17) is 11.6 Å². The predicted octanol–water partition coefficient (Wildman–Crippen LogP) is 5.84. The van der Waals surface area contributed by atoms with Gasteiger partial charge in [0.15, 0.2) is 0 Å². The first kappa shape index (κ1) is 23.2. The summed E-state index contributed by atoms with van der Waals surface area (Å²) in [5, 5.41) is 10.5. The van der Waals surface area contributed by atoms with Crippen molar-refractivity contribution in [3.8, 4) is 0 Å². The molecule has 1 aliphatic rings. The number of sulfonamides is 1. The second kappa shape index (κ2) is 9.14. The van der Waals surface area contributed by atoms with Gasteiger partial charge in [0.2, 0.25) is 10.0 Å². The zero-order valence-corrected chi connectivity index (χ0v) is 19.8. The highest BCUT2D eigenvalue weighted by Crippen LogP contribution is 2.46. The monoisotopic (exact) mass is 481 g/mol. The van der Waals surface area contributed by atoms with Crippen molar-refractivity contribution in [1.29, 1.82) is 0 Å². The third-order valence-corrected chi connectivity index (χ3v) is 7.98. The second-order valence-electron chi connectivity index (χ2n) is 8.24. The Labute approximate surface area is 199 Å². The molecule has 0 saturated carbocycles. The SMILES string of the molecule is Cc1ccc(S(=O)(=O)N2[C@@H](c3cccc(C)c3)C(C(=O)O)=CC[C@H]2c2cccc(Cl)c2)cc1. The van der Waals surface area contributed by atoms with Crippen LogP contribution >= 0.6 is 11.6 Å². The van der Waals surface area contributed by atoms with Crippen LogP contribution in [0.1, 0.15) is 40.8 Å². The van der Waals surface area contributed by atoms with E-state index in [-0.39, 0.29) is 16.9 Å². The van der Waals surface area contributed by atoms with E-state index in [2.05, 4.69) is 0 Å². The Balaban J connectivity index is 1.98. The van der Waals surface area contributed by atoms with Crippen molar-refractivity contribution >= 4 is 27.6 Å². The molecule has 170 valence electrons. The molecule has 1 N–H and O–H groups in total. The van der Waals surface area contributed by atoms with Gasteiger partial charge in [-0.05, 0) is 55.7 Å². The first-order valence-corrected chi connectivity index (χ1v) is 12.4. The summed E-state index contributed by atoms with van der Waals surface area (Å²) >= 11 is 6.24. The maximum atomic E-state index is 14.1. The third-order valence-electron chi connectivity index (χ3n) is 5.85. The van der Waals surface area contributed by atoms with Crippen LogP contribution in [0.3, 0.4) is 0 Å². The van der Waals surface area contributed by atoms with Crippen LogP contribution in [0.25, 0.3) is 0 Å². The second-order valence-corrected chi connectivity index (χ2v) is 10.5. The molecular weight excluding hydrogens is 458 g/mol. The van der Waals surface area contributed by atoms with Crippen LogP contribution in [-0.4, -0.2) is 23.8 Å². The van der Waals surface area contributed by atoms with E-state index in [1.807, 2.05) is 38.1 Å². The van der Waals surface area contributed by atoms with Crippen molar-refractivity contribution in [3.05, 3.63) is 112 Å². The smallest absolute Gasteiger partial charge is 0.333 e.